The fraction of sp³-hybridized carbons (Fsp3) is 0.545. The molecule has 0 fully saturated rings. The highest BCUT2D eigenvalue weighted by atomic mass is 16.4. The van der Waals surface area contributed by atoms with Crippen molar-refractivity contribution in [1.29, 1.82) is 0 Å². The molecule has 0 spiro atoms. The van der Waals surface area contributed by atoms with Crippen molar-refractivity contribution in [2.24, 2.45) is 0 Å². The molecule has 0 unspecified atom stereocenters. The first-order valence-electron chi connectivity index (χ1n) is 5.03. The minimum absolute atomic E-state index is 0.121. The Bertz CT molecular complexity index is 312. The summed E-state index contributed by atoms with van der Waals surface area (Å²) >= 11 is 0. The van der Waals surface area contributed by atoms with Crippen LogP contribution in [0, 0.1) is 0 Å². The van der Waals surface area contributed by atoms with Crippen molar-refractivity contribution >= 4 is 5.97 Å². The van der Waals surface area contributed by atoms with Crippen LogP contribution in [0.4, 0.5) is 0 Å². The summed E-state index contributed by atoms with van der Waals surface area (Å²) in [7, 11) is 0. The van der Waals surface area contributed by atoms with Gasteiger partial charge in [-0.3, -0.25) is 0 Å². The van der Waals surface area contributed by atoms with Crippen LogP contribution in [-0.2, 0) is 12.8 Å². The van der Waals surface area contributed by atoms with Crippen molar-refractivity contribution in [1.82, 2.24) is 0 Å². The monoisotopic (exact) mass is 196 g/mol. The number of hydrogen-bond acceptors (Lipinski definition) is 2. The fourth-order valence-corrected chi connectivity index (χ4v) is 1.60. The predicted octanol–water partition coefficient (Wildman–Crippen LogP) is 2.88. The maximum Gasteiger partial charge on any atom is 0.372 e. The Labute approximate surface area is 83.7 Å². The summed E-state index contributed by atoms with van der Waals surface area (Å²) in [6, 6.07) is 0. The number of rotatable bonds is 5. The lowest BCUT2D eigenvalue weighted by molar-refractivity contribution is 0.0661. The Morgan fingerprint density at radius 1 is 1.36 bits per heavy atom. The van der Waals surface area contributed by atoms with Gasteiger partial charge in [0.05, 0.1) is 6.26 Å². The number of aromatic carboxylic acids is 1. The molecule has 1 rings (SSSR count). The molecule has 0 aromatic carbocycles. The van der Waals surface area contributed by atoms with Crippen molar-refractivity contribution in [2.75, 3.05) is 0 Å². The van der Waals surface area contributed by atoms with E-state index in [9.17, 15) is 4.79 Å². The van der Waals surface area contributed by atoms with E-state index in [1.165, 1.54) is 0 Å². The minimum atomic E-state index is -0.962. The molecule has 0 aliphatic rings. The van der Waals surface area contributed by atoms with E-state index >= 15 is 0 Å². The van der Waals surface area contributed by atoms with E-state index in [0.29, 0.717) is 0 Å². The third-order valence-corrected chi connectivity index (χ3v) is 2.19. The quantitative estimate of drug-likeness (QED) is 0.787. The summed E-state index contributed by atoms with van der Waals surface area (Å²) in [4.78, 5) is 10.8. The second-order valence-electron chi connectivity index (χ2n) is 3.37. The van der Waals surface area contributed by atoms with Crippen LogP contribution in [0.5, 0.6) is 0 Å². The first-order chi connectivity index (χ1) is 6.70. The van der Waals surface area contributed by atoms with Gasteiger partial charge in [0.1, 0.15) is 0 Å². The summed E-state index contributed by atoms with van der Waals surface area (Å²) in [5.41, 5.74) is 1.92. The first kappa shape index (κ1) is 10.8. The second-order valence-corrected chi connectivity index (χ2v) is 3.37. The number of hydrogen-bond donors (Lipinski definition) is 1. The summed E-state index contributed by atoms with van der Waals surface area (Å²) in [5, 5.41) is 8.88. The average Bonchev–Trinajstić information content (AvgIpc) is 2.50. The molecule has 0 aliphatic carbocycles. The summed E-state index contributed by atoms with van der Waals surface area (Å²) < 4.78 is 5.06. The number of carboxylic acids is 1. The molecule has 3 heteroatoms. The first-order valence-corrected chi connectivity index (χ1v) is 5.03. The van der Waals surface area contributed by atoms with Gasteiger partial charge in [-0.2, -0.15) is 0 Å². The molecule has 1 N–H and O–H groups in total. The van der Waals surface area contributed by atoms with Gasteiger partial charge >= 0.3 is 5.97 Å². The molecular weight excluding hydrogens is 180 g/mol. The molecule has 1 aromatic rings. The molecule has 0 saturated carbocycles. The van der Waals surface area contributed by atoms with Crippen LogP contribution in [0.2, 0.25) is 0 Å². The van der Waals surface area contributed by atoms with Gasteiger partial charge in [0.15, 0.2) is 0 Å². The SMILES string of the molecule is CCCc1coc(C(=O)O)c1CCC. The van der Waals surface area contributed by atoms with Crippen LogP contribution in [0.15, 0.2) is 10.7 Å². The Morgan fingerprint density at radius 3 is 2.50 bits per heavy atom. The van der Waals surface area contributed by atoms with Crippen LogP contribution in [0.25, 0.3) is 0 Å². The Balaban J connectivity index is 3.00. The van der Waals surface area contributed by atoms with E-state index in [-0.39, 0.29) is 5.76 Å². The largest absolute Gasteiger partial charge is 0.475 e. The maximum absolute atomic E-state index is 10.8. The number of carboxylic acid groups (broad SMARTS) is 1. The van der Waals surface area contributed by atoms with Gasteiger partial charge in [-0.05, 0) is 18.4 Å². The van der Waals surface area contributed by atoms with E-state index in [1.807, 2.05) is 6.92 Å². The standard InChI is InChI=1S/C11H16O3/c1-3-5-8-7-14-10(11(12)13)9(8)6-4-2/h7H,3-6H2,1-2H3,(H,12,13). The lowest BCUT2D eigenvalue weighted by atomic mass is 10.0. The molecule has 0 radical (unpaired) electrons. The summed E-state index contributed by atoms with van der Waals surface area (Å²) in [5.74, 6) is -0.842. The zero-order valence-corrected chi connectivity index (χ0v) is 8.67. The predicted molar refractivity (Wildman–Crippen MR) is 53.7 cm³/mol. The van der Waals surface area contributed by atoms with Gasteiger partial charge in [-0.1, -0.05) is 26.7 Å². The molecule has 14 heavy (non-hydrogen) atoms. The van der Waals surface area contributed by atoms with Gasteiger partial charge in [-0.25, -0.2) is 4.79 Å². The number of aryl methyl sites for hydroxylation is 1. The highest BCUT2D eigenvalue weighted by Gasteiger charge is 2.17. The van der Waals surface area contributed by atoms with Crippen LogP contribution < -0.4 is 0 Å². The molecule has 1 heterocycles. The zero-order valence-electron chi connectivity index (χ0n) is 8.67. The molecule has 1 aromatic heterocycles. The van der Waals surface area contributed by atoms with Crippen molar-refractivity contribution in [3.8, 4) is 0 Å². The Morgan fingerprint density at radius 2 is 2.00 bits per heavy atom. The van der Waals surface area contributed by atoms with Crippen molar-refractivity contribution in [2.45, 2.75) is 39.5 Å². The van der Waals surface area contributed by atoms with E-state index in [2.05, 4.69) is 6.92 Å². The molecule has 0 aliphatic heterocycles. The maximum atomic E-state index is 10.8. The lowest BCUT2D eigenvalue weighted by Gasteiger charge is -2.00. The van der Waals surface area contributed by atoms with Crippen LogP contribution in [-0.4, -0.2) is 11.1 Å². The molecule has 0 amide bonds. The third-order valence-electron chi connectivity index (χ3n) is 2.19. The Kier molecular flexibility index (Phi) is 3.74. The van der Waals surface area contributed by atoms with Gasteiger partial charge in [0.25, 0.3) is 0 Å². The lowest BCUT2D eigenvalue weighted by Crippen LogP contribution is -2.00. The minimum Gasteiger partial charge on any atom is -0.475 e. The van der Waals surface area contributed by atoms with E-state index in [0.717, 1.165) is 36.8 Å². The summed E-state index contributed by atoms with van der Waals surface area (Å²) in [6.45, 7) is 4.11. The third kappa shape index (κ3) is 2.16. The second kappa shape index (κ2) is 4.84. The highest BCUT2D eigenvalue weighted by Crippen LogP contribution is 2.20. The van der Waals surface area contributed by atoms with E-state index in [1.54, 1.807) is 6.26 Å². The smallest absolute Gasteiger partial charge is 0.372 e. The van der Waals surface area contributed by atoms with E-state index in [4.69, 9.17) is 9.52 Å². The molecule has 0 saturated heterocycles. The molecule has 0 bridgehead atoms. The van der Waals surface area contributed by atoms with Gasteiger partial charge < -0.3 is 9.52 Å². The van der Waals surface area contributed by atoms with Crippen molar-refractivity contribution < 1.29 is 14.3 Å². The summed E-state index contributed by atoms with van der Waals surface area (Å²) in [6.07, 6.45) is 5.21. The molecular formula is C11H16O3. The zero-order chi connectivity index (χ0) is 10.6. The van der Waals surface area contributed by atoms with Crippen LogP contribution >= 0.6 is 0 Å². The molecule has 0 atom stereocenters. The molecule has 78 valence electrons. The van der Waals surface area contributed by atoms with Gasteiger partial charge in [0, 0.05) is 5.56 Å². The normalized spacial score (nSPS) is 10.4. The fourth-order valence-electron chi connectivity index (χ4n) is 1.60. The number of furan rings is 1. The average molecular weight is 196 g/mol. The van der Waals surface area contributed by atoms with Crippen LogP contribution in [0.1, 0.15) is 48.4 Å². The highest BCUT2D eigenvalue weighted by molar-refractivity contribution is 5.86. The Hall–Kier alpha value is -1.25. The molecule has 3 nitrogen and oxygen atoms in total. The van der Waals surface area contributed by atoms with Crippen molar-refractivity contribution in [3.05, 3.63) is 23.2 Å². The van der Waals surface area contributed by atoms with Crippen molar-refractivity contribution in [3.63, 3.8) is 0 Å². The number of carbonyl (C=O) groups is 1. The van der Waals surface area contributed by atoms with Gasteiger partial charge in [-0.15, -0.1) is 0 Å². The van der Waals surface area contributed by atoms with E-state index < -0.39 is 5.97 Å². The van der Waals surface area contributed by atoms with Gasteiger partial charge in [0.2, 0.25) is 5.76 Å². The topological polar surface area (TPSA) is 50.4 Å². The van der Waals surface area contributed by atoms with Crippen LogP contribution in [0.3, 0.4) is 0 Å².